The molecule has 3 heterocycles. The van der Waals surface area contributed by atoms with Gasteiger partial charge < -0.3 is 55.3 Å². The maximum absolute atomic E-state index is 13.3. The lowest BCUT2D eigenvalue weighted by Gasteiger charge is -2.40. The second-order valence-electron chi connectivity index (χ2n) is 18.3. The molecule has 1 saturated heterocycles. The number of nitrogens with zero attached hydrogens (tertiary/aromatic N) is 2. The highest BCUT2D eigenvalue weighted by atomic mass is 31.3. The van der Waals surface area contributed by atoms with Crippen molar-refractivity contribution in [1.82, 2.24) is 9.55 Å². The van der Waals surface area contributed by atoms with Gasteiger partial charge in [-0.1, -0.05) is 126 Å². The van der Waals surface area contributed by atoms with E-state index in [1.54, 1.807) is 0 Å². The number of carbonyl (C=O) groups excluding carboxylic acids is 2. The molecule has 0 radical (unpaired) electrons. The van der Waals surface area contributed by atoms with Crippen molar-refractivity contribution in [2.75, 3.05) is 25.6 Å². The third-order valence-electron chi connectivity index (χ3n) is 12.2. The number of hydrogen-bond acceptors (Lipinski definition) is 18. The first-order chi connectivity index (χ1) is 34.9. The predicted molar refractivity (Wildman–Crippen MR) is 272 cm³/mol. The minimum absolute atomic E-state index is 0.0138. The Hall–Kier alpha value is -3.66. The number of cyclic esters (lactones) is 1. The van der Waals surface area contributed by atoms with Crippen LogP contribution in [-0.4, -0.2) is 119 Å². The highest BCUT2D eigenvalue weighted by molar-refractivity contribution is 7.61. The molecule has 0 spiro atoms. The molecule has 3 rings (SSSR count). The van der Waals surface area contributed by atoms with E-state index < -0.39 is 127 Å². The SMILES string of the molecule is CCCCCCCC/C=C\C/C=C\C/C=C\CCCC(=O)OC[C@@H]1COP(=O)(O)OP(=O)(O)OC[C@H]2O[C@@H](n3ccc(N)nc3=O)[C@H](C/C=C\CC(=O)O1)[C@@H](O)C[C@@H](O)[C@H](C=C[C@H](O)CCCCC)[C@H](O)[C@@H]2O. The van der Waals surface area contributed by atoms with Crippen molar-refractivity contribution in [3.8, 4) is 0 Å². The molecule has 1 fully saturated rings. The number of nitrogen functional groups attached to an aromatic ring is 1. The van der Waals surface area contributed by atoms with E-state index >= 15 is 0 Å². The van der Waals surface area contributed by atoms with Gasteiger partial charge in [0.2, 0.25) is 0 Å². The number of carbonyl (C=O) groups is 2. The van der Waals surface area contributed by atoms with Crippen LogP contribution >= 0.6 is 15.6 Å². The molecule has 414 valence electrons. The van der Waals surface area contributed by atoms with Gasteiger partial charge >= 0.3 is 33.3 Å². The molecular formula is C50H81N3O18P2. The van der Waals surface area contributed by atoms with E-state index in [1.807, 2.05) is 19.1 Å². The number of ether oxygens (including phenoxy) is 3. The van der Waals surface area contributed by atoms with Crippen LogP contribution in [0.15, 0.2) is 77.8 Å². The first-order valence-corrected chi connectivity index (χ1v) is 28.5. The Balaban J connectivity index is 1.77. The average Bonchev–Trinajstić information content (AvgIpc) is 3.33. The minimum Gasteiger partial charge on any atom is -0.462 e. The number of phosphoric acid groups is 2. The molecule has 2 aliphatic heterocycles. The van der Waals surface area contributed by atoms with Gasteiger partial charge in [-0.3, -0.25) is 23.2 Å². The summed E-state index contributed by atoms with van der Waals surface area (Å²) in [4.78, 5) is 64.1. The molecule has 73 heavy (non-hydrogen) atoms. The lowest BCUT2D eigenvalue weighted by atomic mass is 9.82. The Morgan fingerprint density at radius 2 is 1.48 bits per heavy atom. The first-order valence-electron chi connectivity index (χ1n) is 25.6. The number of hydrogen-bond donors (Lipinski definition) is 8. The summed E-state index contributed by atoms with van der Waals surface area (Å²) >= 11 is 0. The van der Waals surface area contributed by atoms with Crippen LogP contribution in [0.25, 0.3) is 0 Å². The molecule has 0 aromatic carbocycles. The Morgan fingerprint density at radius 1 is 0.849 bits per heavy atom. The molecule has 2 aliphatic rings. The van der Waals surface area contributed by atoms with Gasteiger partial charge in [0.25, 0.3) is 0 Å². The largest absolute Gasteiger partial charge is 0.481 e. The van der Waals surface area contributed by atoms with E-state index in [4.69, 9.17) is 29.0 Å². The van der Waals surface area contributed by atoms with Gasteiger partial charge in [0, 0.05) is 30.9 Å². The van der Waals surface area contributed by atoms with E-state index in [0.29, 0.717) is 25.7 Å². The van der Waals surface area contributed by atoms with Crippen molar-refractivity contribution in [2.45, 2.75) is 185 Å². The van der Waals surface area contributed by atoms with Crippen LogP contribution in [0, 0.1) is 11.8 Å². The van der Waals surface area contributed by atoms with Gasteiger partial charge in [-0.15, -0.1) is 0 Å². The van der Waals surface area contributed by atoms with E-state index in [0.717, 1.165) is 42.9 Å². The van der Waals surface area contributed by atoms with Crippen LogP contribution in [0.1, 0.15) is 142 Å². The standard InChI is InChI=1S/C50H81N3O18P2/c1-3-5-7-8-9-10-11-12-13-14-15-16-17-18-19-20-22-27-45(57)66-34-38-35-67-72(62,63)71-73(64,65)68-36-43-48(60)47(59)39(30-29-37(54)25-21-6-4-2)41(55)33-42(56)40(26-23-24-28-46(58)69-38)49(70-43)53-32-31-44(51)52-50(53)61/h12-13,15-16,18-19,23-24,29-32,37-43,47-49,54-56,59-60H,3-11,14,17,20-22,25-28,33-36H2,1-2H3,(H,62,63)(H,64,65)(H2,51,52,61)/b13-12-,16-15-,19-18-,24-23-,30-29?/t37-,38-,39+,40-,41-,42+,43-,47+,48-,49-/m1/s1. The second-order valence-corrected chi connectivity index (χ2v) is 21.3. The van der Waals surface area contributed by atoms with E-state index in [9.17, 15) is 58.8 Å². The summed E-state index contributed by atoms with van der Waals surface area (Å²) in [5.74, 6) is -4.50. The maximum Gasteiger partial charge on any atom is 0.481 e. The Kier molecular flexibility index (Phi) is 30.4. The molecule has 2 unspecified atom stereocenters. The fourth-order valence-corrected chi connectivity index (χ4v) is 10.2. The van der Waals surface area contributed by atoms with E-state index in [2.05, 4.69) is 40.5 Å². The van der Waals surface area contributed by atoms with Gasteiger partial charge in [0.15, 0.2) is 6.10 Å². The van der Waals surface area contributed by atoms with Crippen molar-refractivity contribution >= 4 is 33.4 Å². The summed E-state index contributed by atoms with van der Waals surface area (Å²) in [6.45, 7) is 1.38. The smallest absolute Gasteiger partial charge is 0.462 e. The summed E-state index contributed by atoms with van der Waals surface area (Å²) in [6, 6.07) is 1.22. The van der Waals surface area contributed by atoms with Crippen molar-refractivity contribution in [3.05, 3.63) is 83.5 Å². The number of nitrogens with two attached hydrogens (primary N) is 1. The number of rotatable bonds is 24. The predicted octanol–water partition coefficient (Wildman–Crippen LogP) is 6.71. The summed E-state index contributed by atoms with van der Waals surface area (Å²) in [7, 11) is -11.3. The molecule has 9 N–H and O–H groups in total. The number of aliphatic hydroxyl groups is 5. The average molecular weight is 1070 g/mol. The zero-order valence-corrected chi connectivity index (χ0v) is 44.0. The van der Waals surface area contributed by atoms with Crippen LogP contribution in [0.5, 0.6) is 0 Å². The van der Waals surface area contributed by atoms with Gasteiger partial charge in [-0.2, -0.15) is 9.29 Å². The summed E-state index contributed by atoms with van der Waals surface area (Å²) in [6.07, 6.45) is 18.3. The van der Waals surface area contributed by atoms with Gasteiger partial charge in [0.05, 0.1) is 44.1 Å². The quantitative estimate of drug-likeness (QED) is 0.0231. The topological polar surface area (TPSA) is 326 Å². The molecular weight excluding hydrogens is 993 g/mol. The number of fused-ring (bicyclic) bond motifs is 3. The first kappa shape index (κ1) is 63.6. The van der Waals surface area contributed by atoms with Crippen LogP contribution in [0.2, 0.25) is 0 Å². The molecule has 12 atom stereocenters. The number of phosphoric ester groups is 2. The molecule has 2 bridgehead atoms. The molecule has 1 aromatic heterocycles. The highest BCUT2D eigenvalue weighted by Crippen LogP contribution is 2.60. The van der Waals surface area contributed by atoms with Crippen LogP contribution < -0.4 is 11.4 Å². The van der Waals surface area contributed by atoms with Gasteiger partial charge in [-0.05, 0) is 57.4 Å². The summed E-state index contributed by atoms with van der Waals surface area (Å²) in [5, 5.41) is 57.2. The highest BCUT2D eigenvalue weighted by Gasteiger charge is 2.45. The number of esters is 2. The van der Waals surface area contributed by atoms with Crippen molar-refractivity contribution < 1.29 is 81.6 Å². The van der Waals surface area contributed by atoms with E-state index in [-0.39, 0.29) is 18.7 Å². The number of aliphatic hydroxyl groups excluding tert-OH is 5. The number of allylic oxidation sites excluding steroid dienone is 7. The third-order valence-corrected chi connectivity index (χ3v) is 14.8. The monoisotopic (exact) mass is 1070 g/mol. The fourth-order valence-electron chi connectivity index (χ4n) is 8.05. The summed E-state index contributed by atoms with van der Waals surface area (Å²) < 4.78 is 58.5. The number of anilines is 1. The lowest BCUT2D eigenvalue weighted by Crippen LogP contribution is -2.52. The molecule has 0 saturated carbocycles. The van der Waals surface area contributed by atoms with Crippen LogP contribution in [-0.2, 0) is 46.3 Å². The Labute approximate surface area is 429 Å². The zero-order chi connectivity index (χ0) is 53.7. The fraction of sp³-hybridized carbons (Fsp3) is 0.680. The van der Waals surface area contributed by atoms with Gasteiger partial charge in [0.1, 0.15) is 30.9 Å². The zero-order valence-electron chi connectivity index (χ0n) is 42.2. The molecule has 1 aromatic rings. The van der Waals surface area contributed by atoms with Crippen molar-refractivity contribution in [2.24, 2.45) is 11.8 Å². The van der Waals surface area contributed by atoms with Gasteiger partial charge in [-0.25, -0.2) is 13.9 Å². The lowest BCUT2D eigenvalue weighted by molar-refractivity contribution is -0.194. The third kappa shape index (κ3) is 25.6. The maximum atomic E-state index is 13.3. The van der Waals surface area contributed by atoms with Crippen LogP contribution in [0.4, 0.5) is 5.82 Å². The molecule has 23 heteroatoms. The van der Waals surface area contributed by atoms with Crippen molar-refractivity contribution in [1.29, 1.82) is 0 Å². The second kappa shape index (κ2) is 34.8. The number of unbranched alkanes of at least 4 members (excludes halogenated alkanes) is 9. The molecule has 0 aliphatic carbocycles. The molecule has 0 amide bonds. The Morgan fingerprint density at radius 3 is 2.16 bits per heavy atom. The van der Waals surface area contributed by atoms with Crippen LogP contribution in [0.3, 0.4) is 0 Å². The van der Waals surface area contributed by atoms with Crippen molar-refractivity contribution in [3.63, 3.8) is 0 Å². The van der Waals surface area contributed by atoms with E-state index in [1.165, 1.54) is 68.9 Å². The molecule has 21 nitrogen and oxygen atoms in total. The Bertz CT molecular complexity index is 2080. The normalized spacial score (nSPS) is 30.4. The number of aromatic nitrogens is 2. The minimum atomic E-state index is -5.70. The summed E-state index contributed by atoms with van der Waals surface area (Å²) in [5.41, 5.74) is 4.72.